The Morgan fingerprint density at radius 3 is 2.83 bits per heavy atom. The molecule has 2 heterocycles. The number of benzene rings is 1. The molecule has 1 fully saturated rings. The molecular formula is C18H27IN4O. The molecule has 5 nitrogen and oxygen atoms in total. The topological polar surface area (TPSA) is 48.9 Å². The smallest absolute Gasteiger partial charge is 0.191 e. The van der Waals surface area contributed by atoms with Crippen LogP contribution in [0.1, 0.15) is 18.4 Å². The van der Waals surface area contributed by atoms with Gasteiger partial charge in [0.25, 0.3) is 0 Å². The monoisotopic (exact) mass is 442 g/mol. The van der Waals surface area contributed by atoms with Gasteiger partial charge in [0.15, 0.2) is 5.96 Å². The van der Waals surface area contributed by atoms with Crippen LogP contribution in [0.4, 0.5) is 5.69 Å². The van der Waals surface area contributed by atoms with Gasteiger partial charge < -0.3 is 20.3 Å². The summed E-state index contributed by atoms with van der Waals surface area (Å²) in [5, 5.41) is 6.72. The van der Waals surface area contributed by atoms with Crippen molar-refractivity contribution in [3.05, 3.63) is 42.0 Å². The molecule has 0 bridgehead atoms. The maximum atomic E-state index is 5.63. The summed E-state index contributed by atoms with van der Waals surface area (Å²) in [5.74, 6) is 0.828. The van der Waals surface area contributed by atoms with Crippen LogP contribution in [0.5, 0.6) is 0 Å². The predicted octanol–water partition coefficient (Wildman–Crippen LogP) is 2.52. The van der Waals surface area contributed by atoms with Crippen LogP contribution in [0.2, 0.25) is 0 Å². The van der Waals surface area contributed by atoms with Gasteiger partial charge in [0, 0.05) is 45.5 Å². The van der Waals surface area contributed by atoms with Crippen LogP contribution in [0, 0.1) is 0 Å². The van der Waals surface area contributed by atoms with E-state index in [0.717, 1.165) is 51.6 Å². The molecule has 0 aromatic heterocycles. The lowest BCUT2D eigenvalue weighted by Gasteiger charge is -2.19. The number of nitrogens with zero attached hydrogens (tertiary/aromatic N) is 2. The van der Waals surface area contributed by atoms with Gasteiger partial charge in [-0.05, 0) is 30.5 Å². The van der Waals surface area contributed by atoms with Crippen LogP contribution in [0.3, 0.4) is 0 Å². The molecule has 1 aromatic rings. The summed E-state index contributed by atoms with van der Waals surface area (Å²) in [4.78, 5) is 6.64. The first-order chi connectivity index (χ1) is 11.3. The fourth-order valence-electron chi connectivity index (χ4n) is 2.97. The fraction of sp³-hybridized carbons (Fsp3) is 0.500. The summed E-state index contributed by atoms with van der Waals surface area (Å²) in [5.41, 5.74) is 2.53. The van der Waals surface area contributed by atoms with Crippen LogP contribution < -0.4 is 15.5 Å². The molecule has 24 heavy (non-hydrogen) atoms. The van der Waals surface area contributed by atoms with Crippen molar-refractivity contribution >= 4 is 35.6 Å². The predicted molar refractivity (Wildman–Crippen MR) is 110 cm³/mol. The SMILES string of the molecule is CN=C(NCc1cccc(N2CC=CC2)c1)NCC1CCCO1.I. The molecular weight excluding hydrogens is 415 g/mol. The van der Waals surface area contributed by atoms with E-state index in [4.69, 9.17) is 4.74 Å². The van der Waals surface area contributed by atoms with E-state index in [0.29, 0.717) is 6.10 Å². The highest BCUT2D eigenvalue weighted by Gasteiger charge is 2.15. The third kappa shape index (κ3) is 5.37. The van der Waals surface area contributed by atoms with E-state index in [1.165, 1.54) is 11.3 Å². The lowest BCUT2D eigenvalue weighted by atomic mass is 10.2. The molecule has 2 aliphatic heterocycles. The molecule has 0 radical (unpaired) electrons. The van der Waals surface area contributed by atoms with Gasteiger partial charge in [0.05, 0.1) is 6.10 Å². The van der Waals surface area contributed by atoms with Crippen molar-refractivity contribution < 1.29 is 4.74 Å². The number of ether oxygens (including phenoxy) is 1. The molecule has 1 atom stereocenters. The summed E-state index contributed by atoms with van der Waals surface area (Å²) >= 11 is 0. The van der Waals surface area contributed by atoms with Gasteiger partial charge >= 0.3 is 0 Å². The van der Waals surface area contributed by atoms with Crippen molar-refractivity contribution in [2.75, 3.05) is 38.2 Å². The number of anilines is 1. The van der Waals surface area contributed by atoms with Crippen molar-refractivity contribution in [1.82, 2.24) is 10.6 Å². The zero-order valence-electron chi connectivity index (χ0n) is 14.2. The summed E-state index contributed by atoms with van der Waals surface area (Å²) in [6.45, 7) is 4.47. The summed E-state index contributed by atoms with van der Waals surface area (Å²) in [7, 11) is 1.80. The zero-order chi connectivity index (χ0) is 15.9. The largest absolute Gasteiger partial charge is 0.376 e. The van der Waals surface area contributed by atoms with Gasteiger partial charge in [-0.3, -0.25) is 4.99 Å². The molecule has 3 rings (SSSR count). The van der Waals surface area contributed by atoms with Crippen LogP contribution >= 0.6 is 24.0 Å². The summed E-state index contributed by atoms with van der Waals surface area (Å²) in [6, 6.07) is 8.68. The highest BCUT2D eigenvalue weighted by Crippen LogP contribution is 2.18. The van der Waals surface area contributed by atoms with Gasteiger partial charge in [-0.2, -0.15) is 0 Å². The molecule has 2 aliphatic rings. The molecule has 2 N–H and O–H groups in total. The van der Waals surface area contributed by atoms with Gasteiger partial charge in [0.2, 0.25) is 0 Å². The highest BCUT2D eigenvalue weighted by molar-refractivity contribution is 14.0. The molecule has 0 amide bonds. The van der Waals surface area contributed by atoms with E-state index in [1.54, 1.807) is 7.05 Å². The number of guanidine groups is 1. The Kier molecular flexibility index (Phi) is 7.84. The average Bonchev–Trinajstić information content (AvgIpc) is 3.29. The van der Waals surface area contributed by atoms with Crippen LogP contribution in [-0.4, -0.2) is 45.4 Å². The second-order valence-electron chi connectivity index (χ2n) is 5.99. The molecule has 1 saturated heterocycles. The third-order valence-electron chi connectivity index (χ3n) is 4.30. The highest BCUT2D eigenvalue weighted by atomic mass is 127. The van der Waals surface area contributed by atoms with E-state index < -0.39 is 0 Å². The minimum Gasteiger partial charge on any atom is -0.376 e. The van der Waals surface area contributed by atoms with Crippen LogP contribution in [-0.2, 0) is 11.3 Å². The van der Waals surface area contributed by atoms with Crippen LogP contribution in [0.15, 0.2) is 41.4 Å². The number of hydrogen-bond acceptors (Lipinski definition) is 3. The first kappa shape index (κ1) is 19.1. The summed E-state index contributed by atoms with van der Waals surface area (Å²) in [6.07, 6.45) is 7.04. The Balaban J connectivity index is 0.00000208. The van der Waals surface area contributed by atoms with Crippen molar-refractivity contribution in [2.24, 2.45) is 4.99 Å². The molecule has 0 saturated carbocycles. The lowest BCUT2D eigenvalue weighted by molar-refractivity contribution is 0.114. The Morgan fingerprint density at radius 1 is 1.29 bits per heavy atom. The number of aliphatic imine (C=N–C) groups is 1. The Labute approximate surface area is 161 Å². The fourth-order valence-corrected chi connectivity index (χ4v) is 2.97. The van der Waals surface area contributed by atoms with E-state index in [2.05, 4.69) is 56.9 Å². The minimum atomic E-state index is 0. The number of hydrogen-bond donors (Lipinski definition) is 2. The lowest BCUT2D eigenvalue weighted by Crippen LogP contribution is -2.40. The molecule has 0 spiro atoms. The Morgan fingerprint density at radius 2 is 2.12 bits per heavy atom. The van der Waals surface area contributed by atoms with Crippen molar-refractivity contribution in [1.29, 1.82) is 0 Å². The van der Waals surface area contributed by atoms with Gasteiger partial charge in [0.1, 0.15) is 0 Å². The standard InChI is InChI=1S/C18H26N4O.HI/c1-19-18(21-14-17-8-5-11-23-17)20-13-15-6-4-7-16(12-15)22-9-2-3-10-22;/h2-4,6-7,12,17H,5,8-11,13-14H2,1H3,(H2,19,20,21);1H. The first-order valence-electron chi connectivity index (χ1n) is 8.40. The van der Waals surface area contributed by atoms with E-state index >= 15 is 0 Å². The molecule has 1 aromatic carbocycles. The van der Waals surface area contributed by atoms with E-state index in [-0.39, 0.29) is 24.0 Å². The van der Waals surface area contributed by atoms with Gasteiger partial charge in [-0.25, -0.2) is 0 Å². The molecule has 6 heteroatoms. The zero-order valence-corrected chi connectivity index (χ0v) is 16.5. The number of halogens is 1. The first-order valence-corrected chi connectivity index (χ1v) is 8.40. The number of nitrogens with one attached hydrogen (secondary N) is 2. The average molecular weight is 442 g/mol. The van der Waals surface area contributed by atoms with Crippen molar-refractivity contribution in [3.63, 3.8) is 0 Å². The second kappa shape index (κ2) is 9.88. The minimum absolute atomic E-state index is 0. The van der Waals surface area contributed by atoms with E-state index in [9.17, 15) is 0 Å². The number of rotatable bonds is 5. The quantitative estimate of drug-likeness (QED) is 0.319. The molecule has 0 aliphatic carbocycles. The van der Waals surface area contributed by atoms with Gasteiger partial charge in [-0.15, -0.1) is 24.0 Å². The normalized spacial score (nSPS) is 20.1. The maximum absolute atomic E-state index is 5.63. The summed E-state index contributed by atoms with van der Waals surface area (Å²) < 4.78 is 5.63. The Hall–Kier alpha value is -1.28. The van der Waals surface area contributed by atoms with Crippen molar-refractivity contribution in [2.45, 2.75) is 25.5 Å². The Bertz CT molecular complexity index is 562. The van der Waals surface area contributed by atoms with Crippen molar-refractivity contribution in [3.8, 4) is 0 Å². The van der Waals surface area contributed by atoms with Gasteiger partial charge in [-0.1, -0.05) is 24.3 Å². The van der Waals surface area contributed by atoms with Crippen LogP contribution in [0.25, 0.3) is 0 Å². The second-order valence-corrected chi connectivity index (χ2v) is 5.99. The third-order valence-corrected chi connectivity index (χ3v) is 4.30. The molecule has 132 valence electrons. The molecule has 1 unspecified atom stereocenters. The van der Waals surface area contributed by atoms with E-state index in [1.807, 2.05) is 0 Å². The maximum Gasteiger partial charge on any atom is 0.191 e.